The molecule has 27 heavy (non-hydrogen) atoms. The van der Waals surface area contributed by atoms with Crippen LogP contribution in [0, 0.1) is 5.41 Å². The number of hydrogen-bond acceptors (Lipinski definition) is 4. The summed E-state index contributed by atoms with van der Waals surface area (Å²) >= 11 is 0. The highest BCUT2D eigenvalue weighted by Gasteiger charge is 2.36. The van der Waals surface area contributed by atoms with E-state index in [0.717, 1.165) is 31.2 Å². The Balaban J connectivity index is 1.85. The fourth-order valence-corrected chi connectivity index (χ4v) is 3.29. The second kappa shape index (κ2) is 9.62. The summed E-state index contributed by atoms with van der Waals surface area (Å²) in [6.45, 7) is 3.81. The molecule has 1 aliphatic carbocycles. The van der Waals surface area contributed by atoms with Crippen LogP contribution in [-0.2, 0) is 16.0 Å². The van der Waals surface area contributed by atoms with Gasteiger partial charge in [-0.3, -0.25) is 9.59 Å². The summed E-state index contributed by atoms with van der Waals surface area (Å²) in [5, 5.41) is 5.93. The maximum atomic E-state index is 12.6. The number of carbonyl (C=O) groups excluding carboxylic acids is 2. The van der Waals surface area contributed by atoms with Crippen LogP contribution in [0.25, 0.3) is 0 Å². The lowest BCUT2D eigenvalue weighted by Gasteiger charge is -2.28. The highest BCUT2D eigenvalue weighted by molar-refractivity contribution is 6.04. The largest absolute Gasteiger partial charge is 0.493 e. The molecule has 0 unspecified atom stereocenters. The molecule has 2 rings (SSSR count). The van der Waals surface area contributed by atoms with Crippen LogP contribution in [0.3, 0.4) is 0 Å². The molecule has 2 amide bonds. The molecular weight excluding hydrogens is 344 g/mol. The second-order valence-electron chi connectivity index (χ2n) is 7.63. The first kappa shape index (κ1) is 21.1. The Kier molecular flexibility index (Phi) is 7.51. The summed E-state index contributed by atoms with van der Waals surface area (Å²) in [4.78, 5) is 25.1. The zero-order valence-corrected chi connectivity index (χ0v) is 16.9. The smallest absolute Gasteiger partial charge is 0.235 e. The lowest BCUT2D eigenvalue weighted by Crippen LogP contribution is -2.51. The van der Waals surface area contributed by atoms with E-state index in [1.807, 2.05) is 18.2 Å². The molecule has 1 saturated carbocycles. The first-order chi connectivity index (χ1) is 12.9. The number of ether oxygens (including phenoxy) is 2. The quantitative estimate of drug-likeness (QED) is 0.684. The molecule has 1 aromatic rings. The van der Waals surface area contributed by atoms with Gasteiger partial charge in [0.2, 0.25) is 11.8 Å². The van der Waals surface area contributed by atoms with E-state index in [1.165, 1.54) is 6.42 Å². The van der Waals surface area contributed by atoms with Crippen LogP contribution >= 0.6 is 0 Å². The van der Waals surface area contributed by atoms with E-state index < -0.39 is 5.41 Å². The van der Waals surface area contributed by atoms with Crippen LogP contribution in [0.2, 0.25) is 0 Å². The SMILES string of the molecule is COc1ccc(CCNC(=O)C(C)(C)C(=O)NC2CCCCC2)cc1OC. The number of amides is 2. The zero-order valence-electron chi connectivity index (χ0n) is 16.9. The van der Waals surface area contributed by atoms with Gasteiger partial charge in [0, 0.05) is 12.6 Å². The summed E-state index contributed by atoms with van der Waals surface area (Å²) in [5.41, 5.74) is -0.0629. The van der Waals surface area contributed by atoms with Gasteiger partial charge in [-0.2, -0.15) is 0 Å². The van der Waals surface area contributed by atoms with Crippen LogP contribution in [0.4, 0.5) is 0 Å². The number of benzene rings is 1. The van der Waals surface area contributed by atoms with E-state index in [4.69, 9.17) is 9.47 Å². The summed E-state index contributed by atoms with van der Waals surface area (Å²) < 4.78 is 10.5. The molecule has 150 valence electrons. The van der Waals surface area contributed by atoms with Crippen molar-refractivity contribution < 1.29 is 19.1 Å². The lowest BCUT2D eigenvalue weighted by atomic mass is 9.89. The van der Waals surface area contributed by atoms with Crippen molar-refractivity contribution in [3.05, 3.63) is 23.8 Å². The number of nitrogens with one attached hydrogen (secondary N) is 2. The minimum Gasteiger partial charge on any atom is -0.493 e. The first-order valence-corrected chi connectivity index (χ1v) is 9.68. The molecule has 6 nitrogen and oxygen atoms in total. The van der Waals surface area contributed by atoms with E-state index in [1.54, 1.807) is 28.1 Å². The van der Waals surface area contributed by atoms with E-state index >= 15 is 0 Å². The molecule has 0 heterocycles. The topological polar surface area (TPSA) is 76.7 Å². The molecule has 0 saturated heterocycles. The molecular formula is C21H32N2O4. The van der Waals surface area contributed by atoms with E-state index in [-0.39, 0.29) is 17.9 Å². The van der Waals surface area contributed by atoms with Crippen LogP contribution < -0.4 is 20.1 Å². The summed E-state index contributed by atoms with van der Waals surface area (Å²) in [7, 11) is 3.19. The maximum absolute atomic E-state index is 12.6. The standard InChI is InChI=1S/C21H32N2O4/c1-21(2,20(25)23-16-8-6-5-7-9-16)19(24)22-13-12-15-10-11-17(26-3)18(14-15)27-4/h10-11,14,16H,5-9,12-13H2,1-4H3,(H,22,24)(H,23,25). The Morgan fingerprint density at radius 1 is 1.04 bits per heavy atom. The van der Waals surface area contributed by atoms with Gasteiger partial charge < -0.3 is 20.1 Å². The minimum absolute atomic E-state index is 0.196. The molecule has 6 heteroatoms. The Morgan fingerprint density at radius 3 is 2.33 bits per heavy atom. The Bertz CT molecular complexity index is 652. The van der Waals surface area contributed by atoms with Gasteiger partial charge in [0.15, 0.2) is 11.5 Å². The molecule has 2 N–H and O–H groups in total. The zero-order chi connectivity index (χ0) is 19.9. The predicted molar refractivity (Wildman–Crippen MR) is 105 cm³/mol. The Labute approximate surface area is 162 Å². The van der Waals surface area contributed by atoms with Crippen molar-refractivity contribution in [2.45, 2.75) is 58.4 Å². The highest BCUT2D eigenvalue weighted by Crippen LogP contribution is 2.27. The van der Waals surface area contributed by atoms with Gasteiger partial charge in [0.25, 0.3) is 0 Å². The minimum atomic E-state index is -1.09. The van der Waals surface area contributed by atoms with Gasteiger partial charge in [0.1, 0.15) is 5.41 Å². The van der Waals surface area contributed by atoms with Crippen molar-refractivity contribution in [1.29, 1.82) is 0 Å². The van der Waals surface area contributed by atoms with Gasteiger partial charge in [-0.15, -0.1) is 0 Å². The van der Waals surface area contributed by atoms with Gasteiger partial charge >= 0.3 is 0 Å². The maximum Gasteiger partial charge on any atom is 0.235 e. The van der Waals surface area contributed by atoms with Crippen molar-refractivity contribution >= 4 is 11.8 Å². The molecule has 0 spiro atoms. The number of carbonyl (C=O) groups is 2. The molecule has 0 radical (unpaired) electrons. The van der Waals surface area contributed by atoms with Crippen molar-refractivity contribution in [3.8, 4) is 11.5 Å². The average Bonchev–Trinajstić information content (AvgIpc) is 2.68. The Hall–Kier alpha value is -2.24. The van der Waals surface area contributed by atoms with E-state index in [9.17, 15) is 9.59 Å². The molecule has 0 atom stereocenters. The van der Waals surface area contributed by atoms with Gasteiger partial charge in [-0.25, -0.2) is 0 Å². The second-order valence-corrected chi connectivity index (χ2v) is 7.63. The van der Waals surface area contributed by atoms with Crippen molar-refractivity contribution in [2.75, 3.05) is 20.8 Å². The molecule has 1 aromatic carbocycles. The summed E-state index contributed by atoms with van der Waals surface area (Å²) in [5.74, 6) is 0.883. The third-order valence-corrected chi connectivity index (χ3v) is 5.22. The van der Waals surface area contributed by atoms with Crippen molar-refractivity contribution in [3.63, 3.8) is 0 Å². The van der Waals surface area contributed by atoms with Crippen LogP contribution in [-0.4, -0.2) is 38.6 Å². The van der Waals surface area contributed by atoms with Crippen molar-refractivity contribution in [1.82, 2.24) is 10.6 Å². The predicted octanol–water partition coefficient (Wildman–Crippen LogP) is 2.84. The van der Waals surface area contributed by atoms with E-state index in [0.29, 0.717) is 24.5 Å². The van der Waals surface area contributed by atoms with Crippen molar-refractivity contribution in [2.24, 2.45) is 5.41 Å². The van der Waals surface area contributed by atoms with Gasteiger partial charge in [-0.1, -0.05) is 25.3 Å². The average molecular weight is 376 g/mol. The fourth-order valence-electron chi connectivity index (χ4n) is 3.29. The first-order valence-electron chi connectivity index (χ1n) is 9.68. The number of methoxy groups -OCH3 is 2. The molecule has 1 fully saturated rings. The molecule has 0 aliphatic heterocycles. The van der Waals surface area contributed by atoms with Crippen LogP contribution in [0.5, 0.6) is 11.5 Å². The monoisotopic (exact) mass is 376 g/mol. The fraction of sp³-hybridized carbons (Fsp3) is 0.619. The molecule has 0 aromatic heterocycles. The van der Waals surface area contributed by atoms with Gasteiger partial charge in [0.05, 0.1) is 14.2 Å². The molecule has 1 aliphatic rings. The third-order valence-electron chi connectivity index (χ3n) is 5.22. The van der Waals surface area contributed by atoms with E-state index in [2.05, 4.69) is 10.6 Å². The highest BCUT2D eigenvalue weighted by atomic mass is 16.5. The summed E-state index contributed by atoms with van der Waals surface area (Å²) in [6, 6.07) is 5.88. The summed E-state index contributed by atoms with van der Waals surface area (Å²) in [6.07, 6.45) is 6.16. The van der Waals surface area contributed by atoms with Crippen LogP contribution in [0.1, 0.15) is 51.5 Å². The van der Waals surface area contributed by atoms with Gasteiger partial charge in [-0.05, 0) is 50.8 Å². The lowest BCUT2D eigenvalue weighted by molar-refractivity contribution is -0.141. The number of rotatable bonds is 8. The molecule has 0 bridgehead atoms. The normalized spacial score (nSPS) is 15.1. The van der Waals surface area contributed by atoms with Crippen LogP contribution in [0.15, 0.2) is 18.2 Å². The Morgan fingerprint density at radius 2 is 1.70 bits per heavy atom. The number of hydrogen-bond donors (Lipinski definition) is 2. The third kappa shape index (κ3) is 5.62.